The summed E-state index contributed by atoms with van der Waals surface area (Å²) in [5, 5.41) is 49.1. The third-order valence-corrected chi connectivity index (χ3v) is 6.28. The van der Waals surface area contributed by atoms with Gasteiger partial charge in [0.1, 0.15) is 0 Å². The number of aliphatic carboxylic acids is 1. The summed E-state index contributed by atoms with van der Waals surface area (Å²) in [7, 11) is 0. The molecular weight excluding hydrogens is 444 g/mol. The van der Waals surface area contributed by atoms with Crippen molar-refractivity contribution >= 4 is 5.97 Å². The molecule has 0 spiro atoms. The Hall–Kier alpha value is -1.99. The lowest BCUT2D eigenvalue weighted by atomic mass is 9.91. The molecule has 1 aromatic rings. The molecular formula is C29H46O6. The fraction of sp³-hybridized carbons (Fsp3) is 0.621. The zero-order valence-electron chi connectivity index (χ0n) is 21.3. The number of rotatable bonds is 20. The highest BCUT2D eigenvalue weighted by Gasteiger charge is 2.15. The van der Waals surface area contributed by atoms with Gasteiger partial charge in [0.2, 0.25) is 0 Å². The second-order valence-electron chi connectivity index (χ2n) is 9.38. The Morgan fingerprint density at radius 1 is 0.914 bits per heavy atom. The molecule has 5 N–H and O–H groups in total. The van der Waals surface area contributed by atoms with E-state index in [1.54, 1.807) is 6.08 Å². The summed E-state index contributed by atoms with van der Waals surface area (Å²) >= 11 is 0. The van der Waals surface area contributed by atoms with Crippen LogP contribution in [0.1, 0.15) is 89.5 Å². The molecule has 0 heterocycles. The molecule has 0 saturated heterocycles. The summed E-state index contributed by atoms with van der Waals surface area (Å²) < 4.78 is 0. The van der Waals surface area contributed by atoms with Crippen LogP contribution in [0.25, 0.3) is 0 Å². The minimum Gasteiger partial charge on any atom is -0.481 e. The number of unbranched alkanes of at least 4 members (excludes halogenated alkanes) is 5. The molecule has 35 heavy (non-hydrogen) atoms. The topological polar surface area (TPSA) is 118 Å². The lowest BCUT2D eigenvalue weighted by molar-refractivity contribution is -0.137. The van der Waals surface area contributed by atoms with Gasteiger partial charge < -0.3 is 25.5 Å². The van der Waals surface area contributed by atoms with Crippen molar-refractivity contribution < 1.29 is 30.3 Å². The molecule has 198 valence electrons. The Morgan fingerprint density at radius 2 is 1.57 bits per heavy atom. The maximum Gasteiger partial charge on any atom is 0.303 e. The number of hydrogen-bond donors (Lipinski definition) is 5. The fourth-order valence-corrected chi connectivity index (χ4v) is 4.12. The van der Waals surface area contributed by atoms with Crippen molar-refractivity contribution in [3.8, 4) is 0 Å². The van der Waals surface area contributed by atoms with Crippen molar-refractivity contribution in [1.82, 2.24) is 0 Å². The summed E-state index contributed by atoms with van der Waals surface area (Å²) in [5.74, 6) is -0.759. The van der Waals surface area contributed by atoms with Crippen LogP contribution in [0.15, 0.2) is 53.6 Å². The predicted octanol–water partition coefficient (Wildman–Crippen LogP) is 4.94. The molecule has 0 aromatic heterocycles. The number of benzene rings is 1. The molecule has 6 nitrogen and oxygen atoms in total. The second kappa shape index (κ2) is 19.2. The first-order chi connectivity index (χ1) is 16.9. The summed E-state index contributed by atoms with van der Waals surface area (Å²) in [6.45, 7) is 1.73. The van der Waals surface area contributed by atoms with Gasteiger partial charge in [-0.2, -0.15) is 0 Å². The molecule has 1 aromatic carbocycles. The fourth-order valence-electron chi connectivity index (χ4n) is 4.12. The van der Waals surface area contributed by atoms with Crippen molar-refractivity contribution in [3.63, 3.8) is 0 Å². The first-order valence-corrected chi connectivity index (χ1v) is 13.2. The highest BCUT2D eigenvalue weighted by Crippen LogP contribution is 2.25. The Bertz CT molecular complexity index is 743. The molecule has 0 saturated carbocycles. The van der Waals surface area contributed by atoms with Crippen LogP contribution in [0, 0.1) is 0 Å². The van der Waals surface area contributed by atoms with E-state index < -0.39 is 24.3 Å². The predicted molar refractivity (Wildman–Crippen MR) is 140 cm³/mol. The van der Waals surface area contributed by atoms with Crippen molar-refractivity contribution in [1.29, 1.82) is 0 Å². The average molecular weight is 491 g/mol. The van der Waals surface area contributed by atoms with E-state index in [0.717, 1.165) is 68.9 Å². The Balaban J connectivity index is 2.95. The quantitative estimate of drug-likeness (QED) is 0.130. The maximum absolute atomic E-state index is 10.7. The molecule has 0 aliphatic heterocycles. The molecule has 0 aliphatic rings. The van der Waals surface area contributed by atoms with Crippen LogP contribution in [0.2, 0.25) is 0 Å². The van der Waals surface area contributed by atoms with Crippen LogP contribution in [0.3, 0.4) is 0 Å². The van der Waals surface area contributed by atoms with Crippen LogP contribution in [0.4, 0.5) is 0 Å². The van der Waals surface area contributed by atoms with Crippen molar-refractivity contribution in [2.75, 3.05) is 6.61 Å². The summed E-state index contributed by atoms with van der Waals surface area (Å²) in [5.41, 5.74) is 3.27. The normalized spacial score (nSPS) is 15.1. The number of aliphatic hydroxyl groups excluding tert-OH is 4. The summed E-state index contributed by atoms with van der Waals surface area (Å²) in [6.07, 6.45) is 10.5. The van der Waals surface area contributed by atoms with Gasteiger partial charge >= 0.3 is 5.97 Å². The minimum absolute atomic E-state index is 0.203. The van der Waals surface area contributed by atoms with E-state index >= 15 is 0 Å². The van der Waals surface area contributed by atoms with Crippen LogP contribution in [0.5, 0.6) is 0 Å². The number of carboxylic acids is 1. The van der Waals surface area contributed by atoms with Gasteiger partial charge in [0, 0.05) is 6.42 Å². The first kappa shape index (κ1) is 31.0. The van der Waals surface area contributed by atoms with Gasteiger partial charge in [-0.05, 0) is 56.1 Å². The van der Waals surface area contributed by atoms with Crippen LogP contribution in [-0.4, -0.2) is 56.4 Å². The van der Waals surface area contributed by atoms with E-state index in [1.165, 1.54) is 5.56 Å². The number of carboxylic acid groups (broad SMARTS) is 1. The lowest BCUT2D eigenvalue weighted by Crippen LogP contribution is -2.23. The van der Waals surface area contributed by atoms with E-state index in [9.17, 15) is 25.2 Å². The van der Waals surface area contributed by atoms with E-state index in [0.29, 0.717) is 19.3 Å². The summed E-state index contributed by atoms with van der Waals surface area (Å²) in [4.78, 5) is 10.7. The Labute approximate surface area is 211 Å². The summed E-state index contributed by atoms with van der Waals surface area (Å²) in [6, 6.07) is 10.1. The molecule has 0 bridgehead atoms. The highest BCUT2D eigenvalue weighted by atomic mass is 16.4. The molecule has 0 fully saturated rings. The van der Waals surface area contributed by atoms with Crippen LogP contribution < -0.4 is 0 Å². The van der Waals surface area contributed by atoms with Crippen molar-refractivity contribution in [3.05, 3.63) is 59.2 Å². The number of aryl methyl sites for hydroxylation is 1. The molecule has 0 amide bonds. The van der Waals surface area contributed by atoms with Gasteiger partial charge in [-0.15, -0.1) is 0 Å². The van der Waals surface area contributed by atoms with Crippen molar-refractivity contribution in [2.45, 2.75) is 109 Å². The zero-order valence-corrected chi connectivity index (χ0v) is 21.3. The largest absolute Gasteiger partial charge is 0.481 e. The second-order valence-corrected chi connectivity index (χ2v) is 9.38. The number of allylic oxidation sites excluding steroid dienone is 2. The third-order valence-electron chi connectivity index (χ3n) is 6.28. The average Bonchev–Trinajstić information content (AvgIpc) is 2.86. The standard InChI is InChI=1S/C29H46O6/c1-2-3-15-27(32)28(33)20-19-24(18-17-23-12-8-7-9-13-23)25(21-26(31)22-30)14-10-5-4-6-11-16-29(34)35/h7-9,12-13,19-20,26-28,30-33H,2-6,10-11,14-18,21-22H2,1H3,(H,34,35)/t26-,27-,28+/m0/s1. The van der Waals surface area contributed by atoms with E-state index in [2.05, 4.69) is 12.1 Å². The molecule has 0 radical (unpaired) electrons. The first-order valence-electron chi connectivity index (χ1n) is 13.2. The minimum atomic E-state index is -0.952. The smallest absolute Gasteiger partial charge is 0.303 e. The highest BCUT2D eigenvalue weighted by molar-refractivity contribution is 5.66. The number of hydrogen-bond acceptors (Lipinski definition) is 5. The Morgan fingerprint density at radius 3 is 2.20 bits per heavy atom. The van der Waals surface area contributed by atoms with Crippen LogP contribution >= 0.6 is 0 Å². The monoisotopic (exact) mass is 490 g/mol. The maximum atomic E-state index is 10.7. The SMILES string of the molecule is CCCC[C@H](O)[C@H](O)C=CC(CCc1ccccc1)=C(CCCCCCCC(=O)O)C[C@H](O)CO. The van der Waals surface area contributed by atoms with Crippen molar-refractivity contribution in [2.24, 2.45) is 0 Å². The van der Waals surface area contributed by atoms with E-state index in [-0.39, 0.29) is 13.0 Å². The third kappa shape index (κ3) is 14.9. The van der Waals surface area contributed by atoms with Gasteiger partial charge in [-0.3, -0.25) is 4.79 Å². The van der Waals surface area contributed by atoms with Gasteiger partial charge in [0.15, 0.2) is 0 Å². The zero-order chi connectivity index (χ0) is 25.9. The van der Waals surface area contributed by atoms with Gasteiger partial charge in [-0.25, -0.2) is 0 Å². The number of aliphatic hydroxyl groups is 4. The van der Waals surface area contributed by atoms with Crippen LogP contribution in [-0.2, 0) is 11.2 Å². The molecule has 0 unspecified atom stereocenters. The molecule has 0 aliphatic carbocycles. The van der Waals surface area contributed by atoms with Gasteiger partial charge in [0.05, 0.1) is 24.9 Å². The lowest BCUT2D eigenvalue weighted by Gasteiger charge is -2.18. The van der Waals surface area contributed by atoms with E-state index in [4.69, 9.17) is 5.11 Å². The van der Waals surface area contributed by atoms with Gasteiger partial charge in [0.25, 0.3) is 0 Å². The molecule has 3 atom stereocenters. The van der Waals surface area contributed by atoms with E-state index in [1.807, 2.05) is 31.2 Å². The Kier molecular flexibility index (Phi) is 17.1. The molecule has 6 heteroatoms. The number of carbonyl (C=O) groups is 1. The van der Waals surface area contributed by atoms with Gasteiger partial charge in [-0.1, -0.05) is 87.1 Å². The molecule has 1 rings (SSSR count).